The summed E-state index contributed by atoms with van der Waals surface area (Å²) in [6.45, 7) is 0. The lowest BCUT2D eigenvalue weighted by Crippen LogP contribution is -2.10. The molecule has 0 fully saturated rings. The standard InChI is InChI=1S/C30H17N3OS2/c34-29-28-22(17-27-33(29)25-12-6-7-13-26(25)35-27)31-30(36-28)32-23-11-5-4-10-20(23)21-16-19(14-15-24(21)32)18-8-2-1-3-9-18/h1-17H. The molecule has 8 aromatic rings. The zero-order valence-corrected chi connectivity index (χ0v) is 20.5. The van der Waals surface area contributed by atoms with E-state index in [-0.39, 0.29) is 5.56 Å². The Morgan fingerprint density at radius 1 is 0.639 bits per heavy atom. The zero-order chi connectivity index (χ0) is 23.8. The first-order valence-electron chi connectivity index (χ1n) is 11.7. The molecule has 36 heavy (non-hydrogen) atoms. The summed E-state index contributed by atoms with van der Waals surface area (Å²) in [4.78, 5) is 19.5. The number of rotatable bonds is 2. The first kappa shape index (κ1) is 20.0. The molecule has 4 nitrogen and oxygen atoms in total. The number of pyridine rings is 1. The number of hydrogen-bond acceptors (Lipinski definition) is 4. The van der Waals surface area contributed by atoms with Gasteiger partial charge in [0.2, 0.25) is 0 Å². The second kappa shape index (κ2) is 7.37. The molecule has 4 aromatic carbocycles. The highest BCUT2D eigenvalue weighted by molar-refractivity contribution is 7.24. The van der Waals surface area contributed by atoms with Gasteiger partial charge in [0, 0.05) is 16.8 Å². The number of aromatic nitrogens is 3. The second-order valence-corrected chi connectivity index (χ2v) is 10.9. The van der Waals surface area contributed by atoms with Crippen LogP contribution in [0.3, 0.4) is 0 Å². The summed E-state index contributed by atoms with van der Waals surface area (Å²) >= 11 is 3.08. The number of benzene rings is 4. The third-order valence-corrected chi connectivity index (χ3v) is 8.93. The van der Waals surface area contributed by atoms with Crippen molar-refractivity contribution in [2.24, 2.45) is 0 Å². The van der Waals surface area contributed by atoms with Gasteiger partial charge in [-0.05, 0) is 41.5 Å². The molecular weight excluding hydrogens is 482 g/mol. The van der Waals surface area contributed by atoms with E-state index >= 15 is 0 Å². The van der Waals surface area contributed by atoms with Gasteiger partial charge >= 0.3 is 0 Å². The summed E-state index contributed by atoms with van der Waals surface area (Å²) in [7, 11) is 0. The maximum absolute atomic E-state index is 13.6. The van der Waals surface area contributed by atoms with Crippen LogP contribution in [0, 0.1) is 0 Å². The van der Waals surface area contributed by atoms with Crippen molar-refractivity contribution in [2.45, 2.75) is 0 Å². The van der Waals surface area contributed by atoms with Gasteiger partial charge in [-0.3, -0.25) is 13.8 Å². The maximum atomic E-state index is 13.6. The van der Waals surface area contributed by atoms with E-state index in [1.54, 1.807) is 11.3 Å². The van der Waals surface area contributed by atoms with Crippen molar-refractivity contribution in [1.82, 2.24) is 14.0 Å². The van der Waals surface area contributed by atoms with Crippen LogP contribution in [-0.4, -0.2) is 14.0 Å². The lowest BCUT2D eigenvalue weighted by atomic mass is 10.0. The molecule has 0 aliphatic heterocycles. The molecule has 0 aliphatic rings. The van der Waals surface area contributed by atoms with E-state index in [1.165, 1.54) is 33.2 Å². The van der Waals surface area contributed by atoms with Crippen LogP contribution in [0.5, 0.6) is 0 Å². The number of hydrogen-bond donors (Lipinski definition) is 0. The third-order valence-electron chi connectivity index (χ3n) is 6.81. The quantitative estimate of drug-likeness (QED) is 0.243. The normalized spacial score (nSPS) is 12.0. The summed E-state index contributed by atoms with van der Waals surface area (Å²) in [6.07, 6.45) is 0. The average Bonchev–Trinajstić information content (AvgIpc) is 3.60. The van der Waals surface area contributed by atoms with Crippen molar-refractivity contribution in [3.8, 4) is 16.3 Å². The summed E-state index contributed by atoms with van der Waals surface area (Å²) in [5.41, 5.74) is 6.24. The monoisotopic (exact) mass is 499 g/mol. The Kier molecular flexibility index (Phi) is 4.09. The van der Waals surface area contributed by atoms with Crippen molar-refractivity contribution in [3.05, 3.63) is 113 Å². The molecular formula is C30H17N3OS2. The van der Waals surface area contributed by atoms with E-state index < -0.39 is 0 Å². The minimum atomic E-state index is -0.00386. The summed E-state index contributed by atoms with van der Waals surface area (Å²) in [5, 5.41) is 3.16. The van der Waals surface area contributed by atoms with E-state index in [9.17, 15) is 4.79 Å². The van der Waals surface area contributed by atoms with Crippen LogP contribution in [0.2, 0.25) is 0 Å². The van der Waals surface area contributed by atoms with E-state index in [4.69, 9.17) is 4.98 Å². The van der Waals surface area contributed by atoms with Crippen LogP contribution >= 0.6 is 22.7 Å². The van der Waals surface area contributed by atoms with Crippen LogP contribution < -0.4 is 5.56 Å². The van der Waals surface area contributed by atoms with Gasteiger partial charge in [0.25, 0.3) is 5.56 Å². The molecule has 4 heterocycles. The topological polar surface area (TPSA) is 39.3 Å². The van der Waals surface area contributed by atoms with E-state index in [1.807, 2.05) is 34.7 Å². The predicted molar refractivity (Wildman–Crippen MR) is 152 cm³/mol. The predicted octanol–water partition coefficient (Wildman–Crippen LogP) is 7.89. The third kappa shape index (κ3) is 2.74. The lowest BCUT2D eigenvalue weighted by Gasteiger charge is -2.04. The molecule has 0 atom stereocenters. The summed E-state index contributed by atoms with van der Waals surface area (Å²) in [6, 6.07) is 35.5. The largest absolute Gasteiger partial charge is 0.285 e. The molecule has 0 radical (unpaired) electrons. The molecule has 0 saturated heterocycles. The van der Waals surface area contributed by atoms with Crippen molar-refractivity contribution in [3.63, 3.8) is 0 Å². The molecule has 0 bridgehead atoms. The fourth-order valence-electron chi connectivity index (χ4n) is 5.18. The van der Waals surface area contributed by atoms with Gasteiger partial charge in [0.15, 0.2) is 5.13 Å². The van der Waals surface area contributed by atoms with Gasteiger partial charge in [-0.2, -0.15) is 0 Å². The highest BCUT2D eigenvalue weighted by atomic mass is 32.1. The molecule has 0 amide bonds. The Morgan fingerprint density at radius 3 is 2.28 bits per heavy atom. The average molecular weight is 500 g/mol. The van der Waals surface area contributed by atoms with Gasteiger partial charge in [-0.15, -0.1) is 11.3 Å². The van der Waals surface area contributed by atoms with Crippen molar-refractivity contribution < 1.29 is 0 Å². The highest BCUT2D eigenvalue weighted by Crippen LogP contribution is 2.37. The van der Waals surface area contributed by atoms with Crippen molar-refractivity contribution >= 4 is 69.7 Å². The summed E-state index contributed by atoms with van der Waals surface area (Å²) < 4.78 is 5.80. The molecule has 0 spiro atoms. The molecule has 170 valence electrons. The van der Waals surface area contributed by atoms with Crippen LogP contribution in [0.25, 0.3) is 63.3 Å². The Hall–Kier alpha value is -4.26. The molecule has 6 heteroatoms. The van der Waals surface area contributed by atoms with Gasteiger partial charge in [-0.1, -0.05) is 78.1 Å². The number of para-hydroxylation sites is 2. The molecule has 4 aromatic heterocycles. The van der Waals surface area contributed by atoms with Crippen molar-refractivity contribution in [2.75, 3.05) is 0 Å². The zero-order valence-electron chi connectivity index (χ0n) is 18.9. The number of thiazole rings is 2. The number of fused-ring (bicyclic) bond motifs is 7. The van der Waals surface area contributed by atoms with Crippen LogP contribution in [-0.2, 0) is 0 Å². The Bertz CT molecular complexity index is 2180. The molecule has 0 aliphatic carbocycles. The molecule has 0 unspecified atom stereocenters. The Labute approximate surface area is 212 Å². The second-order valence-electron chi connectivity index (χ2n) is 8.85. The molecule has 0 saturated carbocycles. The van der Waals surface area contributed by atoms with Gasteiger partial charge < -0.3 is 0 Å². The molecule has 8 rings (SSSR count). The Morgan fingerprint density at radius 2 is 1.39 bits per heavy atom. The van der Waals surface area contributed by atoms with Crippen LogP contribution in [0.4, 0.5) is 0 Å². The minimum absolute atomic E-state index is 0.00386. The first-order valence-corrected chi connectivity index (χ1v) is 13.3. The fourth-order valence-corrected chi connectivity index (χ4v) is 7.26. The van der Waals surface area contributed by atoms with E-state index in [0.29, 0.717) is 4.70 Å². The Balaban J connectivity index is 1.42. The van der Waals surface area contributed by atoms with Gasteiger partial charge in [0.1, 0.15) is 9.53 Å². The van der Waals surface area contributed by atoms with E-state index in [0.717, 1.165) is 36.7 Å². The lowest BCUT2D eigenvalue weighted by molar-refractivity contribution is 1.15. The SMILES string of the molecule is O=c1c2sc(-n3c4ccccc4c4cc(-c5ccccc5)ccc43)nc2cc2sc3ccccc3n12. The first-order chi connectivity index (χ1) is 17.8. The minimum Gasteiger partial charge on any atom is -0.285 e. The maximum Gasteiger partial charge on any atom is 0.275 e. The van der Waals surface area contributed by atoms with Gasteiger partial charge in [-0.25, -0.2) is 4.98 Å². The smallest absolute Gasteiger partial charge is 0.275 e. The fraction of sp³-hybridized carbons (Fsp3) is 0. The summed E-state index contributed by atoms with van der Waals surface area (Å²) in [5.74, 6) is 0. The van der Waals surface area contributed by atoms with E-state index in [2.05, 4.69) is 77.4 Å². The molecule has 0 N–H and O–H groups in total. The van der Waals surface area contributed by atoms with Crippen LogP contribution in [0.1, 0.15) is 0 Å². The van der Waals surface area contributed by atoms with Gasteiger partial charge in [0.05, 0.1) is 26.8 Å². The highest BCUT2D eigenvalue weighted by Gasteiger charge is 2.19. The van der Waals surface area contributed by atoms with Crippen LogP contribution in [0.15, 0.2) is 108 Å². The number of nitrogens with zero attached hydrogens (tertiary/aromatic N) is 3. The van der Waals surface area contributed by atoms with Crippen molar-refractivity contribution in [1.29, 1.82) is 0 Å².